The summed E-state index contributed by atoms with van der Waals surface area (Å²) in [4.78, 5) is 0.155. The van der Waals surface area contributed by atoms with Gasteiger partial charge in [0, 0.05) is 16.6 Å². The second kappa shape index (κ2) is 5.91. The summed E-state index contributed by atoms with van der Waals surface area (Å²) in [6.07, 6.45) is 2.16. The molecule has 0 aliphatic heterocycles. The van der Waals surface area contributed by atoms with E-state index in [4.69, 9.17) is 9.47 Å². The average Bonchev–Trinajstić information content (AvgIpc) is 3.21. The molecule has 0 amide bonds. The fourth-order valence-corrected chi connectivity index (χ4v) is 4.39. The molecule has 7 heteroatoms. The summed E-state index contributed by atoms with van der Waals surface area (Å²) in [7, 11) is -0.605. The highest BCUT2D eigenvalue weighted by Gasteiger charge is 2.32. The van der Waals surface area contributed by atoms with Gasteiger partial charge in [-0.2, -0.15) is 0 Å². The van der Waals surface area contributed by atoms with E-state index in [2.05, 4.69) is 20.7 Å². The van der Waals surface area contributed by atoms with Crippen LogP contribution < -0.4 is 14.2 Å². The fourth-order valence-electron chi connectivity index (χ4n) is 2.04. The summed E-state index contributed by atoms with van der Waals surface area (Å²) in [6, 6.07) is 3.00. The Morgan fingerprint density at radius 3 is 2.30 bits per heavy atom. The number of ether oxygens (including phenoxy) is 2. The van der Waals surface area contributed by atoms with Crippen molar-refractivity contribution in [2.75, 3.05) is 14.2 Å². The van der Waals surface area contributed by atoms with Gasteiger partial charge in [-0.3, -0.25) is 0 Å². The van der Waals surface area contributed by atoms with E-state index < -0.39 is 10.0 Å². The fraction of sp³-hybridized carbons (Fsp3) is 0.538. The second-order valence-electron chi connectivity index (χ2n) is 4.89. The van der Waals surface area contributed by atoms with Gasteiger partial charge in [-0.05, 0) is 47.7 Å². The molecular weight excluding hydrogens is 346 g/mol. The highest BCUT2D eigenvalue weighted by Crippen LogP contribution is 2.37. The molecule has 0 aromatic heterocycles. The van der Waals surface area contributed by atoms with E-state index in [1.165, 1.54) is 20.3 Å². The Kier molecular flexibility index (Phi) is 4.61. The average molecular weight is 364 g/mol. The van der Waals surface area contributed by atoms with E-state index in [0.29, 0.717) is 21.9 Å². The lowest BCUT2D eigenvalue weighted by Gasteiger charge is -2.16. The van der Waals surface area contributed by atoms with Crippen LogP contribution in [0.25, 0.3) is 0 Å². The van der Waals surface area contributed by atoms with Gasteiger partial charge < -0.3 is 9.47 Å². The van der Waals surface area contributed by atoms with Gasteiger partial charge >= 0.3 is 0 Å². The standard InChI is InChI=1S/C13H18BrNO4S/c1-8(9-4-5-9)15-20(16,17)13-7-12(19-3)11(18-2)6-10(13)14/h6-9,15H,4-5H2,1-3H3. The van der Waals surface area contributed by atoms with Crippen molar-refractivity contribution in [1.82, 2.24) is 4.72 Å². The first-order chi connectivity index (χ1) is 9.39. The lowest BCUT2D eigenvalue weighted by molar-refractivity contribution is 0.353. The van der Waals surface area contributed by atoms with Gasteiger partial charge in [0.2, 0.25) is 10.0 Å². The van der Waals surface area contributed by atoms with Crippen LogP contribution in [0.2, 0.25) is 0 Å². The van der Waals surface area contributed by atoms with Crippen molar-refractivity contribution in [1.29, 1.82) is 0 Å². The van der Waals surface area contributed by atoms with Gasteiger partial charge in [-0.25, -0.2) is 13.1 Å². The molecule has 0 saturated heterocycles. The van der Waals surface area contributed by atoms with Crippen LogP contribution in [0.5, 0.6) is 11.5 Å². The topological polar surface area (TPSA) is 64.6 Å². The molecule has 0 heterocycles. The summed E-state index contributed by atoms with van der Waals surface area (Å²) in [5, 5.41) is 0. The summed E-state index contributed by atoms with van der Waals surface area (Å²) in [5.74, 6) is 1.31. The van der Waals surface area contributed by atoms with Gasteiger partial charge in [0.1, 0.15) is 4.90 Å². The first kappa shape index (κ1) is 15.6. The quantitative estimate of drug-likeness (QED) is 0.843. The van der Waals surface area contributed by atoms with Crippen molar-refractivity contribution >= 4 is 26.0 Å². The Labute approximate surface area is 127 Å². The highest BCUT2D eigenvalue weighted by atomic mass is 79.9. The zero-order chi connectivity index (χ0) is 14.9. The third kappa shape index (κ3) is 3.27. The number of methoxy groups -OCH3 is 2. The van der Waals surface area contributed by atoms with Gasteiger partial charge in [-0.15, -0.1) is 0 Å². The minimum atomic E-state index is -3.59. The molecule has 2 rings (SSSR count). The molecule has 1 aliphatic carbocycles. The monoisotopic (exact) mass is 363 g/mol. The SMILES string of the molecule is COc1cc(Br)c(S(=O)(=O)NC(C)C2CC2)cc1OC. The van der Waals surface area contributed by atoms with Crippen molar-refractivity contribution in [2.24, 2.45) is 5.92 Å². The van der Waals surface area contributed by atoms with Crippen LogP contribution in [0.4, 0.5) is 0 Å². The van der Waals surface area contributed by atoms with Crippen LogP contribution in [-0.2, 0) is 10.0 Å². The van der Waals surface area contributed by atoms with E-state index in [1.807, 2.05) is 6.92 Å². The first-order valence-electron chi connectivity index (χ1n) is 6.33. The molecule has 1 atom stereocenters. The molecule has 1 fully saturated rings. The van der Waals surface area contributed by atoms with Crippen molar-refractivity contribution < 1.29 is 17.9 Å². The lowest BCUT2D eigenvalue weighted by Crippen LogP contribution is -2.34. The highest BCUT2D eigenvalue weighted by molar-refractivity contribution is 9.10. The zero-order valence-corrected chi connectivity index (χ0v) is 14.0. The summed E-state index contributed by atoms with van der Waals surface area (Å²) in [6.45, 7) is 1.89. The van der Waals surface area contributed by atoms with E-state index >= 15 is 0 Å². The molecule has 1 aromatic carbocycles. The zero-order valence-electron chi connectivity index (χ0n) is 11.6. The lowest BCUT2D eigenvalue weighted by atomic mass is 10.2. The van der Waals surface area contributed by atoms with Gasteiger partial charge in [0.05, 0.1) is 14.2 Å². The van der Waals surface area contributed by atoms with Crippen LogP contribution in [0, 0.1) is 5.92 Å². The summed E-state index contributed by atoms with van der Waals surface area (Å²) < 4.78 is 38.3. The summed E-state index contributed by atoms with van der Waals surface area (Å²) in [5.41, 5.74) is 0. The molecule has 1 N–H and O–H groups in total. The van der Waals surface area contributed by atoms with Crippen LogP contribution >= 0.6 is 15.9 Å². The molecule has 1 aromatic rings. The first-order valence-corrected chi connectivity index (χ1v) is 8.60. The molecule has 20 heavy (non-hydrogen) atoms. The predicted octanol–water partition coefficient (Wildman–Crippen LogP) is 2.54. The van der Waals surface area contributed by atoms with Crippen molar-refractivity contribution in [3.63, 3.8) is 0 Å². The van der Waals surface area contributed by atoms with Crippen molar-refractivity contribution in [3.8, 4) is 11.5 Å². The molecule has 0 spiro atoms. The Bertz CT molecular complexity index is 599. The number of rotatable bonds is 6. The largest absolute Gasteiger partial charge is 0.493 e. The third-order valence-corrected chi connectivity index (χ3v) is 5.92. The van der Waals surface area contributed by atoms with E-state index in [0.717, 1.165) is 12.8 Å². The van der Waals surface area contributed by atoms with Crippen LogP contribution in [0.1, 0.15) is 19.8 Å². The van der Waals surface area contributed by atoms with Gasteiger partial charge in [-0.1, -0.05) is 0 Å². The molecule has 0 bridgehead atoms. The predicted molar refractivity (Wildman–Crippen MR) is 79.8 cm³/mol. The Hall–Kier alpha value is -0.790. The maximum atomic E-state index is 12.4. The third-order valence-electron chi connectivity index (χ3n) is 3.40. The molecule has 1 aliphatic rings. The Morgan fingerprint density at radius 2 is 1.80 bits per heavy atom. The molecule has 112 valence electrons. The molecule has 5 nitrogen and oxygen atoms in total. The minimum absolute atomic E-state index is 0.0556. The van der Waals surface area contributed by atoms with Crippen molar-refractivity contribution in [2.45, 2.75) is 30.7 Å². The van der Waals surface area contributed by atoms with Crippen molar-refractivity contribution in [3.05, 3.63) is 16.6 Å². The van der Waals surface area contributed by atoms with E-state index in [9.17, 15) is 8.42 Å². The number of benzene rings is 1. The number of hydrogen-bond acceptors (Lipinski definition) is 4. The number of nitrogens with one attached hydrogen (secondary N) is 1. The van der Waals surface area contributed by atoms with E-state index in [-0.39, 0.29) is 10.9 Å². The molecule has 1 saturated carbocycles. The van der Waals surface area contributed by atoms with Gasteiger partial charge in [0.15, 0.2) is 11.5 Å². The van der Waals surface area contributed by atoms with Gasteiger partial charge in [0.25, 0.3) is 0 Å². The second-order valence-corrected chi connectivity index (χ2v) is 7.42. The maximum Gasteiger partial charge on any atom is 0.242 e. The van der Waals surface area contributed by atoms with Crippen LogP contribution in [-0.4, -0.2) is 28.7 Å². The molecule has 0 radical (unpaired) electrons. The number of sulfonamides is 1. The number of halogens is 1. The Balaban J connectivity index is 2.35. The maximum absolute atomic E-state index is 12.4. The minimum Gasteiger partial charge on any atom is -0.493 e. The molecular formula is C13H18BrNO4S. The van der Waals surface area contributed by atoms with Crippen LogP contribution in [0.3, 0.4) is 0 Å². The summed E-state index contributed by atoms with van der Waals surface area (Å²) >= 11 is 3.27. The number of hydrogen-bond donors (Lipinski definition) is 1. The van der Waals surface area contributed by atoms with Crippen LogP contribution in [0.15, 0.2) is 21.5 Å². The van der Waals surface area contributed by atoms with E-state index in [1.54, 1.807) is 6.07 Å². The normalized spacial score (nSPS) is 16.8. The Morgan fingerprint density at radius 1 is 1.25 bits per heavy atom. The smallest absolute Gasteiger partial charge is 0.242 e. The molecule has 1 unspecified atom stereocenters.